The van der Waals surface area contributed by atoms with Gasteiger partial charge in [0.25, 0.3) is 10.0 Å². The quantitative estimate of drug-likeness (QED) is 0.530. The molecule has 0 fully saturated rings. The van der Waals surface area contributed by atoms with Gasteiger partial charge in [-0.1, -0.05) is 17.7 Å². The van der Waals surface area contributed by atoms with Crippen molar-refractivity contribution in [2.45, 2.75) is 11.8 Å². The van der Waals surface area contributed by atoms with Crippen LogP contribution in [0.2, 0.25) is 0 Å². The predicted octanol–water partition coefficient (Wildman–Crippen LogP) is -1.46. The minimum atomic E-state index is -3.50. The van der Waals surface area contributed by atoms with Gasteiger partial charge in [0.05, 0.1) is 4.90 Å². The van der Waals surface area contributed by atoms with Crippen molar-refractivity contribution in [1.82, 2.24) is 4.24 Å². The number of hydrogen-bond donors (Lipinski definition) is 1. The summed E-state index contributed by atoms with van der Waals surface area (Å²) >= 11 is 5.03. The molecule has 14 heavy (non-hydrogen) atoms. The van der Waals surface area contributed by atoms with Crippen LogP contribution in [0.3, 0.4) is 0 Å². The van der Waals surface area contributed by atoms with E-state index < -0.39 is 10.0 Å². The second-order valence-corrected chi connectivity index (χ2v) is 4.49. The normalized spacial score (nSPS) is 9.86. The maximum absolute atomic E-state index is 11.1. The van der Waals surface area contributed by atoms with E-state index in [-0.39, 0.29) is 56.3 Å². The molecule has 0 aliphatic carbocycles. The largest absolute Gasteiger partial charge is 1.00 e. The van der Waals surface area contributed by atoms with Gasteiger partial charge >= 0.3 is 29.6 Å². The van der Waals surface area contributed by atoms with E-state index >= 15 is 0 Å². The van der Waals surface area contributed by atoms with Crippen molar-refractivity contribution in [2.75, 3.05) is 0 Å². The molecule has 0 aromatic heterocycles. The number of nitrogens with one attached hydrogen (secondary N) is 1. The molecule has 0 amide bonds. The number of hydrogen-bond acceptors (Lipinski definition) is 2. The van der Waals surface area contributed by atoms with E-state index in [0.29, 0.717) is 0 Å². The zero-order valence-electron chi connectivity index (χ0n) is 8.73. The molecule has 1 aromatic carbocycles. The van der Waals surface area contributed by atoms with E-state index in [0.717, 1.165) is 5.56 Å². The maximum atomic E-state index is 11.1. The summed E-state index contributed by atoms with van der Waals surface area (Å²) in [5.41, 5.74) is 1.00. The molecule has 0 saturated heterocycles. The first-order valence-corrected chi connectivity index (χ1v) is 5.11. The van der Waals surface area contributed by atoms with Gasteiger partial charge in [0.2, 0.25) is 0 Å². The zero-order chi connectivity index (χ0) is 9.19. The molecular weight excluding hydrogens is 327 g/mol. The molecule has 0 atom stereocenters. The molecule has 1 N–H and O–H groups in total. The van der Waals surface area contributed by atoms with Crippen molar-refractivity contribution >= 4 is 21.8 Å². The molecule has 0 bridgehead atoms. The zero-order valence-corrected chi connectivity index (χ0v) is 12.9. The molecular formula is C7H9ClNNaO2PdS. The summed E-state index contributed by atoms with van der Waals surface area (Å²) in [6, 6.07) is 6.42. The van der Waals surface area contributed by atoms with Crippen LogP contribution < -0.4 is 33.8 Å². The molecule has 0 radical (unpaired) electrons. The summed E-state index contributed by atoms with van der Waals surface area (Å²) in [7, 11) is -3.50. The minimum Gasteiger partial charge on any atom is -1.00 e. The Morgan fingerprint density at radius 2 is 1.71 bits per heavy atom. The van der Waals surface area contributed by atoms with Gasteiger partial charge in [-0.05, 0) is 30.8 Å². The molecule has 0 aliphatic rings. The number of aryl methyl sites for hydroxylation is 1. The molecule has 0 aliphatic heterocycles. The van der Waals surface area contributed by atoms with E-state index in [1.165, 1.54) is 12.1 Å². The van der Waals surface area contributed by atoms with E-state index in [4.69, 9.17) is 11.8 Å². The first kappa shape index (κ1) is 17.5. The minimum absolute atomic E-state index is 0. The fraction of sp³-hybridized carbons (Fsp3) is 0.143. The van der Waals surface area contributed by atoms with Gasteiger partial charge in [0.1, 0.15) is 0 Å². The van der Waals surface area contributed by atoms with Crippen LogP contribution >= 0.6 is 11.8 Å². The van der Waals surface area contributed by atoms with Gasteiger partial charge in [-0.15, -0.1) is 4.24 Å². The summed E-state index contributed by atoms with van der Waals surface area (Å²) in [6.45, 7) is 1.88. The van der Waals surface area contributed by atoms with Crippen molar-refractivity contribution in [3.8, 4) is 0 Å². The number of sulfonamides is 1. The first-order chi connectivity index (χ1) is 5.56. The van der Waals surface area contributed by atoms with Crippen molar-refractivity contribution in [3.05, 3.63) is 29.8 Å². The molecule has 3 nitrogen and oxygen atoms in total. The van der Waals surface area contributed by atoms with Gasteiger partial charge in [0.15, 0.2) is 0 Å². The summed E-state index contributed by atoms with van der Waals surface area (Å²) in [6.07, 6.45) is 0. The topological polar surface area (TPSA) is 46.2 Å². The third-order valence-corrected chi connectivity index (χ3v) is 3.14. The molecule has 0 heterocycles. The van der Waals surface area contributed by atoms with Crippen LogP contribution in [-0.4, -0.2) is 8.42 Å². The Morgan fingerprint density at radius 3 is 2.07 bits per heavy atom. The molecule has 1 aromatic rings. The summed E-state index contributed by atoms with van der Waals surface area (Å²) in [5.74, 6) is 0. The molecule has 0 saturated carbocycles. The number of halogens is 1. The predicted molar refractivity (Wildman–Crippen MR) is 48.5 cm³/mol. The Hall–Kier alpha value is 1.08. The van der Waals surface area contributed by atoms with Crippen molar-refractivity contribution in [1.29, 1.82) is 0 Å². The van der Waals surface area contributed by atoms with E-state index in [1.807, 2.05) is 6.92 Å². The fourth-order valence-corrected chi connectivity index (χ4v) is 1.61. The Bertz CT molecular complexity index is 373. The van der Waals surface area contributed by atoms with Gasteiger partial charge in [0, 0.05) is 20.4 Å². The van der Waals surface area contributed by atoms with Gasteiger partial charge < -0.3 is 1.43 Å². The van der Waals surface area contributed by atoms with E-state index in [1.54, 1.807) is 16.4 Å². The molecule has 78 valence electrons. The van der Waals surface area contributed by atoms with Gasteiger partial charge in [-0.2, -0.15) is 0 Å². The molecule has 7 heteroatoms. The average Bonchev–Trinajstić information content (AvgIpc) is 2.05. The molecule has 1 rings (SSSR count). The van der Waals surface area contributed by atoms with Gasteiger partial charge in [-0.3, -0.25) is 0 Å². The van der Waals surface area contributed by atoms with Crippen LogP contribution in [0.15, 0.2) is 29.2 Å². The Balaban J connectivity index is -0.000000480. The van der Waals surface area contributed by atoms with Crippen LogP contribution in [-0.2, 0) is 30.4 Å². The van der Waals surface area contributed by atoms with Gasteiger partial charge in [-0.25, -0.2) is 8.42 Å². The molecule has 0 unspecified atom stereocenters. The Morgan fingerprint density at radius 1 is 1.29 bits per heavy atom. The average molecular weight is 336 g/mol. The first-order valence-electron chi connectivity index (χ1n) is 3.25. The van der Waals surface area contributed by atoms with Crippen LogP contribution in [0, 0.1) is 6.92 Å². The van der Waals surface area contributed by atoms with Crippen LogP contribution in [0.5, 0.6) is 0 Å². The Kier molecular flexibility index (Phi) is 9.20. The molecule has 0 spiro atoms. The second kappa shape index (κ2) is 7.37. The fourth-order valence-electron chi connectivity index (χ4n) is 0.762. The van der Waals surface area contributed by atoms with Crippen molar-refractivity contribution in [2.24, 2.45) is 0 Å². The van der Waals surface area contributed by atoms with E-state index in [9.17, 15) is 8.42 Å². The summed E-state index contributed by atoms with van der Waals surface area (Å²) in [5, 5.41) is 0. The monoisotopic (exact) mass is 335 g/mol. The van der Waals surface area contributed by atoms with Crippen molar-refractivity contribution in [3.63, 3.8) is 0 Å². The van der Waals surface area contributed by atoms with Crippen molar-refractivity contribution < 1.29 is 59.8 Å². The summed E-state index contributed by atoms with van der Waals surface area (Å²) < 4.78 is 23.9. The van der Waals surface area contributed by atoms with Crippen LogP contribution in [0.25, 0.3) is 0 Å². The number of benzene rings is 1. The maximum Gasteiger partial charge on any atom is 1.00 e. The van der Waals surface area contributed by atoms with E-state index in [2.05, 4.69) is 0 Å². The third kappa shape index (κ3) is 4.74. The van der Waals surface area contributed by atoms with Crippen LogP contribution in [0.1, 0.15) is 6.99 Å². The smallest absolute Gasteiger partial charge is 1.00 e. The Labute approximate surface area is 126 Å². The summed E-state index contributed by atoms with van der Waals surface area (Å²) in [4.78, 5) is 0.170. The third-order valence-electron chi connectivity index (χ3n) is 1.43. The number of rotatable bonds is 2. The standard InChI is InChI=1S/C7H8ClNO2S.Na.Pd.H/c1-6-2-4-7(5-3-6)12(10,11)9-8;;;/h2-5,9H,1H3;;;/q;+1;;-1. The second-order valence-electron chi connectivity index (χ2n) is 2.39. The SMILES string of the molecule is Cc1ccc(S(=O)(=O)NCl)cc1.[H-].[Na+].[Pd]. The van der Waals surface area contributed by atoms with Crippen LogP contribution in [0.4, 0.5) is 0 Å².